The van der Waals surface area contributed by atoms with Gasteiger partial charge in [-0.1, -0.05) is 34.8 Å². The molecule has 2 rings (SSSR count). The molecule has 11 heteroatoms. The van der Waals surface area contributed by atoms with Crippen molar-refractivity contribution in [2.45, 2.75) is 4.21 Å². The molecule has 2 heterocycles. The standard InChI is InChI=1S/C8H3BrCl3N3O2S2/c9-6-3(10)1-4(18-6)19(16,17)15-8-5(11)7(12)13-2-14-8/h1-2H,(H,13,14,15). The summed E-state index contributed by atoms with van der Waals surface area (Å²) in [4.78, 5) is 7.34. The zero-order chi connectivity index (χ0) is 14.2. The normalized spacial score (nSPS) is 11.6. The fourth-order valence-corrected chi connectivity index (χ4v) is 4.81. The predicted molar refractivity (Wildman–Crippen MR) is 79.9 cm³/mol. The molecule has 0 saturated heterocycles. The van der Waals surface area contributed by atoms with Gasteiger partial charge in [0.05, 0.1) is 8.81 Å². The van der Waals surface area contributed by atoms with Gasteiger partial charge in [-0.2, -0.15) is 0 Å². The van der Waals surface area contributed by atoms with Crippen molar-refractivity contribution in [2.75, 3.05) is 4.72 Å². The van der Waals surface area contributed by atoms with Crippen LogP contribution in [-0.4, -0.2) is 18.4 Å². The van der Waals surface area contributed by atoms with Crippen LogP contribution in [0, 0.1) is 0 Å². The molecule has 0 unspecified atom stereocenters. The topological polar surface area (TPSA) is 72.0 Å². The number of aromatic nitrogens is 2. The first-order valence-corrected chi connectivity index (χ1v) is 8.67. The van der Waals surface area contributed by atoms with Crippen molar-refractivity contribution < 1.29 is 8.42 Å². The van der Waals surface area contributed by atoms with Gasteiger partial charge in [0.15, 0.2) is 11.0 Å². The van der Waals surface area contributed by atoms with Crippen LogP contribution in [0.2, 0.25) is 15.2 Å². The summed E-state index contributed by atoms with van der Waals surface area (Å²) in [5.74, 6) is -0.0951. The number of thiophene rings is 1. The molecule has 0 bridgehead atoms. The maximum absolute atomic E-state index is 12.1. The summed E-state index contributed by atoms with van der Waals surface area (Å²) in [5, 5.41) is 0.186. The molecule has 2 aromatic heterocycles. The number of nitrogens with zero attached hydrogens (tertiary/aromatic N) is 2. The third-order valence-corrected chi connectivity index (χ3v) is 6.89. The van der Waals surface area contributed by atoms with E-state index in [1.54, 1.807) is 0 Å². The van der Waals surface area contributed by atoms with Crippen molar-refractivity contribution >= 4 is 77.9 Å². The van der Waals surface area contributed by atoms with Gasteiger partial charge in [-0.25, -0.2) is 18.4 Å². The van der Waals surface area contributed by atoms with Crippen LogP contribution in [0.25, 0.3) is 0 Å². The average molecular weight is 424 g/mol. The Hall–Kier alpha value is -0.120. The Morgan fingerprint density at radius 2 is 1.95 bits per heavy atom. The van der Waals surface area contributed by atoms with E-state index < -0.39 is 10.0 Å². The highest BCUT2D eigenvalue weighted by Gasteiger charge is 2.21. The summed E-state index contributed by atoms with van der Waals surface area (Å²) in [6.07, 6.45) is 1.10. The Morgan fingerprint density at radius 1 is 1.26 bits per heavy atom. The van der Waals surface area contributed by atoms with E-state index in [4.69, 9.17) is 34.8 Å². The lowest BCUT2D eigenvalue weighted by molar-refractivity contribution is 0.603. The Labute approximate surface area is 136 Å². The molecular formula is C8H3BrCl3N3O2S2. The summed E-state index contributed by atoms with van der Waals surface area (Å²) in [6, 6.07) is 1.31. The van der Waals surface area contributed by atoms with Gasteiger partial charge >= 0.3 is 0 Å². The number of hydrogen-bond donors (Lipinski definition) is 1. The second-order valence-corrected chi connectivity index (χ2v) is 8.54. The second-order valence-electron chi connectivity index (χ2n) is 3.12. The van der Waals surface area contributed by atoms with E-state index in [1.165, 1.54) is 6.07 Å². The molecular weight excluding hydrogens is 421 g/mol. The number of hydrogen-bond acceptors (Lipinski definition) is 5. The first-order chi connectivity index (χ1) is 8.81. The zero-order valence-electron chi connectivity index (χ0n) is 8.69. The van der Waals surface area contributed by atoms with Crippen LogP contribution in [0.3, 0.4) is 0 Å². The minimum atomic E-state index is -3.83. The molecule has 0 saturated carbocycles. The van der Waals surface area contributed by atoms with Crippen molar-refractivity contribution in [3.8, 4) is 0 Å². The minimum absolute atomic E-state index is 0.0233. The molecule has 5 nitrogen and oxygen atoms in total. The summed E-state index contributed by atoms with van der Waals surface area (Å²) >= 11 is 21.4. The zero-order valence-corrected chi connectivity index (χ0v) is 14.2. The van der Waals surface area contributed by atoms with E-state index in [-0.39, 0.29) is 20.2 Å². The van der Waals surface area contributed by atoms with Gasteiger partial charge in [0, 0.05) is 0 Å². The van der Waals surface area contributed by atoms with E-state index in [2.05, 4.69) is 30.6 Å². The molecule has 2 aromatic rings. The molecule has 0 aliphatic heterocycles. The summed E-state index contributed by atoms with van der Waals surface area (Å²) < 4.78 is 26.9. The Bertz CT molecular complexity index is 715. The first-order valence-electron chi connectivity index (χ1n) is 4.45. The maximum Gasteiger partial charge on any atom is 0.272 e. The van der Waals surface area contributed by atoms with Crippen molar-refractivity contribution in [1.29, 1.82) is 0 Å². The van der Waals surface area contributed by atoms with E-state index in [0.29, 0.717) is 8.81 Å². The molecule has 19 heavy (non-hydrogen) atoms. The molecule has 0 radical (unpaired) electrons. The third kappa shape index (κ3) is 3.32. The number of halogens is 4. The number of nitrogens with one attached hydrogen (secondary N) is 1. The Kier molecular flexibility index (Phi) is 4.59. The lowest BCUT2D eigenvalue weighted by Crippen LogP contribution is -2.13. The smallest absolute Gasteiger partial charge is 0.261 e. The van der Waals surface area contributed by atoms with Gasteiger partial charge in [-0.3, -0.25) is 4.72 Å². The van der Waals surface area contributed by atoms with Gasteiger partial charge in [0.25, 0.3) is 10.0 Å². The third-order valence-electron chi connectivity index (χ3n) is 1.87. The van der Waals surface area contributed by atoms with Crippen LogP contribution >= 0.6 is 62.1 Å². The number of anilines is 1. The quantitative estimate of drug-likeness (QED) is 0.756. The van der Waals surface area contributed by atoms with Gasteiger partial charge in [-0.15, -0.1) is 11.3 Å². The van der Waals surface area contributed by atoms with E-state index in [0.717, 1.165) is 17.7 Å². The number of sulfonamides is 1. The summed E-state index contributed by atoms with van der Waals surface area (Å²) in [6.45, 7) is 0. The van der Waals surface area contributed by atoms with E-state index in [1.807, 2.05) is 0 Å². The highest BCUT2D eigenvalue weighted by Crippen LogP contribution is 2.36. The summed E-state index contributed by atoms with van der Waals surface area (Å²) in [5.41, 5.74) is 0. The average Bonchev–Trinajstić information content (AvgIpc) is 2.66. The molecule has 0 atom stereocenters. The monoisotopic (exact) mass is 421 g/mol. The fourth-order valence-electron chi connectivity index (χ4n) is 1.06. The Morgan fingerprint density at radius 3 is 2.53 bits per heavy atom. The van der Waals surface area contributed by atoms with Crippen LogP contribution in [0.1, 0.15) is 0 Å². The highest BCUT2D eigenvalue weighted by atomic mass is 79.9. The molecule has 0 amide bonds. The first kappa shape index (κ1) is 15.3. The van der Waals surface area contributed by atoms with Gasteiger partial charge in [0.2, 0.25) is 0 Å². The second kappa shape index (κ2) is 5.71. The summed E-state index contributed by atoms with van der Waals surface area (Å²) in [7, 11) is -3.83. The Balaban J connectivity index is 2.39. The van der Waals surface area contributed by atoms with E-state index >= 15 is 0 Å². The van der Waals surface area contributed by atoms with Gasteiger partial charge in [-0.05, 0) is 22.0 Å². The molecule has 0 spiro atoms. The van der Waals surface area contributed by atoms with E-state index in [9.17, 15) is 8.42 Å². The molecule has 0 aromatic carbocycles. The van der Waals surface area contributed by atoms with Gasteiger partial charge in [0.1, 0.15) is 15.6 Å². The largest absolute Gasteiger partial charge is 0.272 e. The predicted octanol–water partition coefficient (Wildman–Crippen LogP) is 4.06. The van der Waals surface area contributed by atoms with Crippen molar-refractivity contribution in [1.82, 2.24) is 9.97 Å². The van der Waals surface area contributed by atoms with Crippen molar-refractivity contribution in [3.63, 3.8) is 0 Å². The highest BCUT2D eigenvalue weighted by molar-refractivity contribution is 9.11. The SMILES string of the molecule is O=S(=O)(Nc1ncnc(Cl)c1Cl)c1cc(Cl)c(Br)s1. The fraction of sp³-hybridized carbons (Fsp3) is 0. The minimum Gasteiger partial charge on any atom is -0.261 e. The number of rotatable bonds is 3. The van der Waals surface area contributed by atoms with Gasteiger partial charge < -0.3 is 0 Å². The van der Waals surface area contributed by atoms with Crippen LogP contribution in [-0.2, 0) is 10.0 Å². The molecule has 1 N–H and O–H groups in total. The maximum atomic E-state index is 12.1. The van der Waals surface area contributed by atoms with Crippen LogP contribution in [0.4, 0.5) is 5.82 Å². The molecule has 0 aliphatic rings. The lowest BCUT2D eigenvalue weighted by Gasteiger charge is -2.06. The lowest BCUT2D eigenvalue weighted by atomic mass is 10.6. The van der Waals surface area contributed by atoms with Crippen LogP contribution in [0.15, 0.2) is 20.4 Å². The van der Waals surface area contributed by atoms with Crippen molar-refractivity contribution in [3.05, 3.63) is 31.4 Å². The molecule has 0 aliphatic carbocycles. The van der Waals surface area contributed by atoms with Crippen LogP contribution < -0.4 is 4.72 Å². The molecule has 0 fully saturated rings. The molecule has 102 valence electrons. The van der Waals surface area contributed by atoms with Crippen molar-refractivity contribution in [2.24, 2.45) is 0 Å². The van der Waals surface area contributed by atoms with Crippen LogP contribution in [0.5, 0.6) is 0 Å².